The van der Waals surface area contributed by atoms with Gasteiger partial charge in [-0.3, -0.25) is 4.99 Å². The molecule has 1 fully saturated rings. The fraction of sp³-hybridized carbons (Fsp3) is 0.429. The van der Waals surface area contributed by atoms with Gasteiger partial charge in [-0.05, 0) is 48.9 Å². The summed E-state index contributed by atoms with van der Waals surface area (Å²) in [4.78, 5) is 8.41. The zero-order chi connectivity index (χ0) is 19.9. The Morgan fingerprint density at radius 3 is 2.75 bits per heavy atom. The molecule has 1 atom stereocenters. The highest BCUT2D eigenvalue weighted by atomic mass is 19.1. The summed E-state index contributed by atoms with van der Waals surface area (Å²) in [7, 11) is 3.28. The molecular formula is C21H27FN4O2. The molecule has 1 unspecified atom stereocenters. The Bertz CT molecular complexity index is 807. The molecule has 7 heteroatoms. The van der Waals surface area contributed by atoms with Gasteiger partial charge in [-0.2, -0.15) is 0 Å². The Morgan fingerprint density at radius 1 is 1.32 bits per heavy atom. The van der Waals surface area contributed by atoms with Crippen LogP contribution in [0.5, 0.6) is 11.6 Å². The quantitative estimate of drug-likeness (QED) is 0.537. The summed E-state index contributed by atoms with van der Waals surface area (Å²) >= 11 is 0. The van der Waals surface area contributed by atoms with Crippen LogP contribution in [0.25, 0.3) is 0 Å². The molecule has 1 saturated carbocycles. The molecule has 2 aromatic rings. The zero-order valence-electron chi connectivity index (χ0n) is 16.5. The summed E-state index contributed by atoms with van der Waals surface area (Å²) in [5.41, 5.74) is 1.82. The van der Waals surface area contributed by atoms with Crippen molar-refractivity contribution in [2.45, 2.75) is 32.4 Å². The van der Waals surface area contributed by atoms with Gasteiger partial charge in [-0.15, -0.1) is 0 Å². The lowest BCUT2D eigenvalue weighted by Crippen LogP contribution is -2.38. The monoisotopic (exact) mass is 386 g/mol. The number of nitrogens with one attached hydrogen (secondary N) is 2. The minimum Gasteiger partial charge on any atom is -0.490 e. The van der Waals surface area contributed by atoms with Crippen LogP contribution in [-0.2, 0) is 6.54 Å². The van der Waals surface area contributed by atoms with Crippen molar-refractivity contribution in [3.05, 3.63) is 53.5 Å². The van der Waals surface area contributed by atoms with Gasteiger partial charge in [0.2, 0.25) is 5.88 Å². The molecule has 0 radical (unpaired) electrons. The molecule has 1 aromatic carbocycles. The van der Waals surface area contributed by atoms with Crippen molar-refractivity contribution in [3.8, 4) is 11.6 Å². The SMILES string of the molecule is CN=C(NCc1ccc(OC)nc1)NC(C)c1ccc(OCC2CC2)c(F)c1. The largest absolute Gasteiger partial charge is 0.490 e. The summed E-state index contributed by atoms with van der Waals surface area (Å²) in [6.07, 6.45) is 4.11. The van der Waals surface area contributed by atoms with Crippen LogP contribution >= 0.6 is 0 Å². The summed E-state index contributed by atoms with van der Waals surface area (Å²) in [6, 6.07) is 8.72. The highest BCUT2D eigenvalue weighted by Crippen LogP contribution is 2.30. The van der Waals surface area contributed by atoms with E-state index in [-0.39, 0.29) is 11.9 Å². The number of rotatable bonds is 8. The lowest BCUT2D eigenvalue weighted by Gasteiger charge is -2.19. The molecule has 0 spiro atoms. The Morgan fingerprint density at radius 2 is 2.14 bits per heavy atom. The number of benzene rings is 1. The van der Waals surface area contributed by atoms with Crippen LogP contribution in [0.1, 0.15) is 36.9 Å². The van der Waals surface area contributed by atoms with Crippen molar-refractivity contribution < 1.29 is 13.9 Å². The number of nitrogens with zero attached hydrogens (tertiary/aromatic N) is 2. The second-order valence-electron chi connectivity index (χ2n) is 6.94. The maximum absolute atomic E-state index is 14.3. The molecule has 6 nitrogen and oxygen atoms in total. The second kappa shape index (κ2) is 9.39. The van der Waals surface area contributed by atoms with Gasteiger partial charge in [0.1, 0.15) is 0 Å². The molecule has 0 bridgehead atoms. The highest BCUT2D eigenvalue weighted by Gasteiger charge is 2.22. The summed E-state index contributed by atoms with van der Waals surface area (Å²) in [5.74, 6) is 1.77. The van der Waals surface area contributed by atoms with Crippen molar-refractivity contribution in [2.24, 2.45) is 10.9 Å². The first kappa shape index (κ1) is 19.9. The average Bonchev–Trinajstić information content (AvgIpc) is 3.54. The van der Waals surface area contributed by atoms with Crippen LogP contribution in [0.2, 0.25) is 0 Å². The predicted molar refractivity (Wildman–Crippen MR) is 107 cm³/mol. The first-order valence-corrected chi connectivity index (χ1v) is 9.47. The third-order valence-electron chi connectivity index (χ3n) is 4.67. The maximum atomic E-state index is 14.3. The molecule has 1 aliphatic carbocycles. The Hall–Kier alpha value is -2.83. The molecule has 0 saturated heterocycles. The molecule has 2 N–H and O–H groups in total. The number of guanidine groups is 1. The Balaban J connectivity index is 1.53. The summed E-state index contributed by atoms with van der Waals surface area (Å²) in [6.45, 7) is 3.12. The van der Waals surface area contributed by atoms with Crippen molar-refractivity contribution >= 4 is 5.96 Å². The van der Waals surface area contributed by atoms with E-state index in [2.05, 4.69) is 20.6 Å². The first-order chi connectivity index (χ1) is 13.6. The molecular weight excluding hydrogens is 359 g/mol. The van der Waals surface area contributed by atoms with Crippen LogP contribution in [0, 0.1) is 11.7 Å². The van der Waals surface area contributed by atoms with Crippen molar-refractivity contribution in [1.82, 2.24) is 15.6 Å². The second-order valence-corrected chi connectivity index (χ2v) is 6.94. The molecule has 3 rings (SSSR count). The number of hydrogen-bond acceptors (Lipinski definition) is 4. The van der Waals surface area contributed by atoms with E-state index in [9.17, 15) is 4.39 Å². The molecule has 1 heterocycles. The molecule has 0 aliphatic heterocycles. The van der Waals surface area contributed by atoms with E-state index >= 15 is 0 Å². The Kier molecular flexibility index (Phi) is 6.68. The van der Waals surface area contributed by atoms with Gasteiger partial charge in [-0.1, -0.05) is 12.1 Å². The Labute approximate surface area is 165 Å². The number of aromatic nitrogens is 1. The van der Waals surface area contributed by atoms with Gasteiger partial charge >= 0.3 is 0 Å². The summed E-state index contributed by atoms with van der Waals surface area (Å²) in [5, 5.41) is 6.50. The van der Waals surface area contributed by atoms with Crippen LogP contribution in [0.15, 0.2) is 41.5 Å². The lowest BCUT2D eigenvalue weighted by atomic mass is 10.1. The van der Waals surface area contributed by atoms with E-state index in [1.807, 2.05) is 25.1 Å². The van der Waals surface area contributed by atoms with Gasteiger partial charge in [0.05, 0.1) is 19.8 Å². The van der Waals surface area contributed by atoms with Crippen molar-refractivity contribution in [1.29, 1.82) is 0 Å². The molecule has 28 heavy (non-hydrogen) atoms. The fourth-order valence-electron chi connectivity index (χ4n) is 2.70. The molecule has 150 valence electrons. The third-order valence-corrected chi connectivity index (χ3v) is 4.67. The third kappa shape index (κ3) is 5.58. The minimum atomic E-state index is -0.334. The van der Waals surface area contributed by atoms with Gasteiger partial charge in [-0.25, -0.2) is 9.37 Å². The number of pyridine rings is 1. The fourth-order valence-corrected chi connectivity index (χ4v) is 2.70. The predicted octanol–water partition coefficient (Wildman–Crippen LogP) is 3.44. The van der Waals surface area contributed by atoms with E-state index in [0.717, 1.165) is 11.1 Å². The highest BCUT2D eigenvalue weighted by molar-refractivity contribution is 5.80. The number of methoxy groups -OCH3 is 1. The molecule has 1 aromatic heterocycles. The van der Waals surface area contributed by atoms with E-state index < -0.39 is 0 Å². The van der Waals surface area contributed by atoms with Crippen LogP contribution in [0.3, 0.4) is 0 Å². The van der Waals surface area contributed by atoms with Crippen LogP contribution in [-0.4, -0.2) is 31.7 Å². The lowest BCUT2D eigenvalue weighted by molar-refractivity contribution is 0.285. The zero-order valence-corrected chi connectivity index (χ0v) is 16.5. The number of ether oxygens (including phenoxy) is 2. The summed E-state index contributed by atoms with van der Waals surface area (Å²) < 4.78 is 24.9. The van der Waals surface area contributed by atoms with E-state index in [1.165, 1.54) is 18.9 Å². The van der Waals surface area contributed by atoms with Crippen LogP contribution < -0.4 is 20.1 Å². The van der Waals surface area contributed by atoms with Gasteiger partial charge in [0.25, 0.3) is 0 Å². The normalized spacial score (nSPS) is 15.1. The van der Waals surface area contributed by atoms with Gasteiger partial charge in [0, 0.05) is 25.9 Å². The average molecular weight is 386 g/mol. The number of aliphatic imine (C=N–C) groups is 1. The molecule has 0 amide bonds. The van der Waals surface area contributed by atoms with Gasteiger partial charge < -0.3 is 20.1 Å². The smallest absolute Gasteiger partial charge is 0.212 e. The van der Waals surface area contributed by atoms with Crippen LogP contribution in [0.4, 0.5) is 4.39 Å². The molecule has 1 aliphatic rings. The number of halogens is 1. The maximum Gasteiger partial charge on any atom is 0.212 e. The number of hydrogen-bond donors (Lipinski definition) is 2. The van der Waals surface area contributed by atoms with Crippen molar-refractivity contribution in [2.75, 3.05) is 20.8 Å². The van der Waals surface area contributed by atoms with E-state index in [4.69, 9.17) is 9.47 Å². The topological polar surface area (TPSA) is 67.8 Å². The minimum absolute atomic E-state index is 0.118. The van der Waals surface area contributed by atoms with E-state index in [1.54, 1.807) is 26.4 Å². The first-order valence-electron chi connectivity index (χ1n) is 9.47. The van der Waals surface area contributed by atoms with Gasteiger partial charge in [0.15, 0.2) is 17.5 Å². The standard InChI is InChI=1S/C21H27FN4O2/c1-14(17-7-8-19(18(22)10-17)28-13-15-4-5-15)26-21(23-2)25-12-16-6-9-20(27-3)24-11-16/h6-11,14-15H,4-5,12-13H2,1-3H3,(H2,23,25,26). The van der Waals surface area contributed by atoms with E-state index in [0.29, 0.717) is 36.7 Å². The van der Waals surface area contributed by atoms with Crippen molar-refractivity contribution in [3.63, 3.8) is 0 Å².